The van der Waals surface area contributed by atoms with Crippen molar-refractivity contribution in [2.45, 2.75) is 10.5 Å². The molecular formula is C19H14N2O5S. The Kier molecular flexibility index (Phi) is 3.36. The number of nitro benzene ring substituents is 1. The highest BCUT2D eigenvalue weighted by atomic mass is 32.2. The maximum Gasteiger partial charge on any atom is 0.269 e. The number of non-ortho nitro benzene ring substituents is 1. The summed E-state index contributed by atoms with van der Waals surface area (Å²) in [4.78, 5) is 38.1. The number of thioether (sulfide) groups is 1. The first-order valence-electron chi connectivity index (χ1n) is 8.47. The third-order valence-corrected chi connectivity index (χ3v) is 7.25. The van der Waals surface area contributed by atoms with Gasteiger partial charge in [0.15, 0.2) is 0 Å². The SMILES string of the molecule is COc1ccc(N2C(=O)[C@@H]3[C@H](C2=O)[C@@H]2S[C@H]3c3ccc([N+](=O)[O-])cc32)cc1. The van der Waals surface area contributed by atoms with Gasteiger partial charge in [0.05, 0.1) is 29.6 Å². The van der Waals surface area contributed by atoms with Crippen molar-refractivity contribution >= 4 is 35.0 Å². The highest BCUT2D eigenvalue weighted by molar-refractivity contribution is 8.00. The molecule has 0 unspecified atom stereocenters. The Balaban J connectivity index is 1.54. The smallest absolute Gasteiger partial charge is 0.269 e. The van der Waals surface area contributed by atoms with Crippen LogP contribution in [0.15, 0.2) is 42.5 Å². The van der Waals surface area contributed by atoms with Gasteiger partial charge in [-0.15, -0.1) is 11.8 Å². The van der Waals surface area contributed by atoms with E-state index < -0.39 is 16.8 Å². The summed E-state index contributed by atoms with van der Waals surface area (Å²) >= 11 is 1.57. The van der Waals surface area contributed by atoms with Gasteiger partial charge in [0.25, 0.3) is 5.69 Å². The molecular weight excluding hydrogens is 368 g/mol. The van der Waals surface area contributed by atoms with Crippen LogP contribution in [0.4, 0.5) is 11.4 Å². The molecule has 8 heteroatoms. The maximum absolute atomic E-state index is 13.1. The Hall–Kier alpha value is -2.87. The zero-order valence-corrected chi connectivity index (χ0v) is 15.0. The van der Waals surface area contributed by atoms with Crippen molar-refractivity contribution in [3.05, 3.63) is 63.7 Å². The van der Waals surface area contributed by atoms with E-state index in [0.29, 0.717) is 11.4 Å². The number of benzene rings is 2. The first-order valence-corrected chi connectivity index (χ1v) is 9.41. The number of amides is 2. The standard InChI is InChI=1S/C19H14N2O5S/c1-26-11-5-2-9(3-6-11)20-18(22)14-15(19(20)23)17-13-8-10(21(24)25)4-7-12(13)16(14)27-17/h2-8,14-17H,1H3/t14-,15+,16+,17-/m1/s1. The Morgan fingerprint density at radius 1 is 1.00 bits per heavy atom. The summed E-state index contributed by atoms with van der Waals surface area (Å²) in [6.07, 6.45) is 0. The number of hydrogen-bond acceptors (Lipinski definition) is 6. The predicted octanol–water partition coefficient (Wildman–Crippen LogP) is 3.25. The van der Waals surface area contributed by atoms with Crippen LogP contribution < -0.4 is 9.64 Å². The number of methoxy groups -OCH3 is 1. The zero-order valence-electron chi connectivity index (χ0n) is 14.2. The molecule has 2 saturated heterocycles. The number of carbonyl (C=O) groups excluding carboxylic acids is 2. The second-order valence-corrected chi connectivity index (χ2v) is 8.10. The van der Waals surface area contributed by atoms with Crippen molar-refractivity contribution in [3.8, 4) is 5.75 Å². The quantitative estimate of drug-likeness (QED) is 0.460. The molecule has 136 valence electrons. The van der Waals surface area contributed by atoms with Crippen LogP contribution in [0.2, 0.25) is 0 Å². The fourth-order valence-corrected chi connectivity index (χ4v) is 6.32. The number of ether oxygens (including phenoxy) is 1. The highest BCUT2D eigenvalue weighted by Gasteiger charge is 2.64. The van der Waals surface area contributed by atoms with E-state index in [0.717, 1.165) is 11.1 Å². The van der Waals surface area contributed by atoms with E-state index >= 15 is 0 Å². The summed E-state index contributed by atoms with van der Waals surface area (Å²) in [5, 5.41) is 10.8. The minimum atomic E-state index is -0.468. The predicted molar refractivity (Wildman–Crippen MR) is 98.6 cm³/mol. The molecule has 0 aliphatic carbocycles. The van der Waals surface area contributed by atoms with Crippen LogP contribution in [0.25, 0.3) is 0 Å². The van der Waals surface area contributed by atoms with Gasteiger partial charge >= 0.3 is 0 Å². The topological polar surface area (TPSA) is 89.8 Å². The number of nitro groups is 1. The van der Waals surface area contributed by atoms with E-state index in [4.69, 9.17) is 4.74 Å². The summed E-state index contributed by atoms with van der Waals surface area (Å²) in [5.74, 6) is -0.660. The molecule has 0 spiro atoms. The van der Waals surface area contributed by atoms with Gasteiger partial charge in [0, 0.05) is 22.6 Å². The monoisotopic (exact) mass is 382 g/mol. The number of carbonyl (C=O) groups is 2. The molecule has 0 radical (unpaired) electrons. The van der Waals surface area contributed by atoms with E-state index in [1.165, 1.54) is 11.0 Å². The molecule has 0 saturated carbocycles. The van der Waals surface area contributed by atoms with E-state index in [9.17, 15) is 19.7 Å². The van der Waals surface area contributed by atoms with Crippen LogP contribution in [-0.4, -0.2) is 23.8 Å². The van der Waals surface area contributed by atoms with E-state index in [2.05, 4.69) is 0 Å². The minimum absolute atomic E-state index is 0.0160. The molecule has 2 fully saturated rings. The van der Waals surface area contributed by atoms with E-state index in [-0.39, 0.29) is 28.0 Å². The lowest BCUT2D eigenvalue weighted by Gasteiger charge is -2.21. The Morgan fingerprint density at radius 3 is 2.22 bits per heavy atom. The van der Waals surface area contributed by atoms with Crippen LogP contribution in [0.3, 0.4) is 0 Å². The maximum atomic E-state index is 13.1. The first-order chi connectivity index (χ1) is 13.0. The third kappa shape index (κ3) is 2.10. The molecule has 5 rings (SSSR count). The first kappa shape index (κ1) is 16.3. The van der Waals surface area contributed by atoms with E-state index in [1.807, 2.05) is 0 Å². The third-order valence-electron chi connectivity index (χ3n) is 5.57. The average molecular weight is 382 g/mol. The molecule has 3 aliphatic heterocycles. The Bertz CT molecular complexity index is 1010. The summed E-state index contributed by atoms with van der Waals surface area (Å²) < 4.78 is 5.13. The Morgan fingerprint density at radius 2 is 1.63 bits per heavy atom. The number of nitrogens with zero attached hydrogens (tertiary/aromatic N) is 2. The zero-order chi connectivity index (χ0) is 18.9. The summed E-state index contributed by atoms with van der Waals surface area (Å²) in [5.41, 5.74) is 2.30. The van der Waals surface area contributed by atoms with Gasteiger partial charge in [-0.2, -0.15) is 0 Å². The van der Waals surface area contributed by atoms with Crippen molar-refractivity contribution in [2.75, 3.05) is 12.0 Å². The molecule has 0 N–H and O–H groups in total. The normalized spacial score (nSPS) is 27.7. The molecule has 3 aliphatic rings. The van der Waals surface area contributed by atoms with Gasteiger partial charge in [0.1, 0.15) is 5.75 Å². The lowest BCUT2D eigenvalue weighted by molar-refractivity contribution is -0.384. The summed E-state index contributed by atoms with van der Waals surface area (Å²) in [6.45, 7) is 0. The van der Waals surface area contributed by atoms with Crippen LogP contribution in [0, 0.1) is 22.0 Å². The summed E-state index contributed by atoms with van der Waals surface area (Å²) in [7, 11) is 1.55. The lowest BCUT2D eigenvalue weighted by Crippen LogP contribution is -2.31. The molecule has 2 amide bonds. The molecule has 7 nitrogen and oxygen atoms in total. The number of fused-ring (bicyclic) bond motifs is 8. The van der Waals surface area contributed by atoms with Crippen LogP contribution in [-0.2, 0) is 9.59 Å². The van der Waals surface area contributed by atoms with Gasteiger partial charge in [-0.25, -0.2) is 4.90 Å². The van der Waals surface area contributed by atoms with Crippen molar-refractivity contribution in [1.82, 2.24) is 0 Å². The van der Waals surface area contributed by atoms with Crippen molar-refractivity contribution in [3.63, 3.8) is 0 Å². The molecule has 3 heterocycles. The van der Waals surface area contributed by atoms with E-state index in [1.54, 1.807) is 55.3 Å². The van der Waals surface area contributed by atoms with Crippen LogP contribution in [0.5, 0.6) is 5.75 Å². The molecule has 27 heavy (non-hydrogen) atoms. The number of imide groups is 1. The Labute approximate surface area is 158 Å². The lowest BCUT2D eigenvalue weighted by atomic mass is 9.77. The van der Waals surface area contributed by atoms with Crippen LogP contribution >= 0.6 is 11.8 Å². The highest BCUT2D eigenvalue weighted by Crippen LogP contribution is 2.69. The summed E-state index contributed by atoms with van der Waals surface area (Å²) in [6, 6.07) is 11.6. The van der Waals surface area contributed by atoms with Gasteiger partial charge in [-0.05, 0) is 35.4 Å². The number of rotatable bonds is 3. The molecule has 4 atom stereocenters. The largest absolute Gasteiger partial charge is 0.497 e. The molecule has 2 aromatic rings. The number of hydrogen-bond donors (Lipinski definition) is 0. The van der Waals surface area contributed by atoms with Crippen LogP contribution in [0.1, 0.15) is 21.6 Å². The molecule has 2 aromatic carbocycles. The average Bonchev–Trinajstić information content (AvgIpc) is 3.31. The van der Waals surface area contributed by atoms with Crippen molar-refractivity contribution in [2.24, 2.45) is 11.8 Å². The number of anilines is 1. The van der Waals surface area contributed by atoms with Crippen molar-refractivity contribution in [1.29, 1.82) is 0 Å². The van der Waals surface area contributed by atoms with Gasteiger partial charge in [-0.1, -0.05) is 6.07 Å². The minimum Gasteiger partial charge on any atom is -0.497 e. The fourth-order valence-electron chi connectivity index (χ4n) is 4.38. The molecule has 2 bridgehead atoms. The van der Waals surface area contributed by atoms with Gasteiger partial charge in [-0.3, -0.25) is 19.7 Å². The second-order valence-electron chi connectivity index (χ2n) is 6.81. The van der Waals surface area contributed by atoms with Crippen molar-refractivity contribution < 1.29 is 19.2 Å². The molecule has 0 aromatic heterocycles. The second kappa shape index (κ2) is 5.56. The van der Waals surface area contributed by atoms with Gasteiger partial charge < -0.3 is 4.74 Å². The fraction of sp³-hybridized carbons (Fsp3) is 0.263. The van der Waals surface area contributed by atoms with Gasteiger partial charge in [0.2, 0.25) is 11.8 Å².